The predicted octanol–water partition coefficient (Wildman–Crippen LogP) is 4.72. The van der Waals surface area contributed by atoms with E-state index in [2.05, 4.69) is 65.2 Å². The molecule has 0 aliphatic rings. The van der Waals surface area contributed by atoms with Crippen molar-refractivity contribution in [3.05, 3.63) is 70.3 Å². The number of aryl methyl sites for hydroxylation is 2. The SMILES string of the molecule is Cc1cccc(C)c1-c1cc(Br)nn1-c1[c-]cccc1.[Ir]. The van der Waals surface area contributed by atoms with Gasteiger partial charge in [0, 0.05) is 25.7 Å². The van der Waals surface area contributed by atoms with E-state index in [-0.39, 0.29) is 20.1 Å². The summed E-state index contributed by atoms with van der Waals surface area (Å²) in [6.07, 6.45) is 0. The molecule has 0 aliphatic heterocycles. The molecular weight excluding hydrogens is 504 g/mol. The smallest absolute Gasteiger partial charge is 0.129 e. The summed E-state index contributed by atoms with van der Waals surface area (Å²) in [5, 5.41) is 4.54. The molecule has 0 aliphatic carbocycles. The van der Waals surface area contributed by atoms with E-state index in [0.29, 0.717) is 0 Å². The van der Waals surface area contributed by atoms with E-state index in [1.165, 1.54) is 16.7 Å². The Hall–Kier alpha value is -1.22. The molecule has 1 radical (unpaired) electrons. The third-order valence-corrected chi connectivity index (χ3v) is 3.73. The van der Waals surface area contributed by atoms with Crippen LogP contribution in [0.4, 0.5) is 0 Å². The van der Waals surface area contributed by atoms with Crippen LogP contribution in [-0.2, 0) is 20.1 Å². The molecule has 0 unspecified atom stereocenters. The Labute approximate surface area is 146 Å². The second-order valence-corrected chi connectivity index (χ2v) is 5.59. The van der Waals surface area contributed by atoms with Crippen molar-refractivity contribution < 1.29 is 20.1 Å². The van der Waals surface area contributed by atoms with Gasteiger partial charge >= 0.3 is 0 Å². The molecule has 0 bridgehead atoms. The Morgan fingerprint density at radius 2 is 1.76 bits per heavy atom. The van der Waals surface area contributed by atoms with E-state index < -0.39 is 0 Å². The summed E-state index contributed by atoms with van der Waals surface area (Å²) in [5.74, 6) is 0. The van der Waals surface area contributed by atoms with Crippen molar-refractivity contribution in [1.29, 1.82) is 0 Å². The average molecular weight is 518 g/mol. The van der Waals surface area contributed by atoms with E-state index in [9.17, 15) is 0 Å². The van der Waals surface area contributed by atoms with Crippen molar-refractivity contribution in [1.82, 2.24) is 9.78 Å². The van der Waals surface area contributed by atoms with E-state index in [1.54, 1.807) is 0 Å². The largest absolute Gasteiger partial charge is 0.257 e. The van der Waals surface area contributed by atoms with Gasteiger partial charge in [-0.25, -0.2) is 0 Å². The molecule has 0 spiro atoms. The first-order valence-electron chi connectivity index (χ1n) is 6.46. The monoisotopic (exact) mass is 518 g/mol. The summed E-state index contributed by atoms with van der Waals surface area (Å²) < 4.78 is 2.76. The van der Waals surface area contributed by atoms with Crippen LogP contribution in [0.15, 0.2) is 53.1 Å². The van der Waals surface area contributed by atoms with Crippen molar-refractivity contribution in [3.63, 3.8) is 0 Å². The molecule has 109 valence electrons. The normalized spacial score (nSPS) is 10.2. The van der Waals surface area contributed by atoms with E-state index in [0.717, 1.165) is 16.0 Å². The molecule has 2 aromatic carbocycles. The van der Waals surface area contributed by atoms with Crippen molar-refractivity contribution in [2.45, 2.75) is 13.8 Å². The molecule has 0 saturated heterocycles. The van der Waals surface area contributed by atoms with E-state index in [1.807, 2.05) is 28.9 Å². The van der Waals surface area contributed by atoms with Crippen molar-refractivity contribution in [3.8, 4) is 16.9 Å². The standard InChI is InChI=1S/C17H14BrN2.Ir/c1-12-7-6-8-13(2)17(12)15-11-16(18)19-20(15)14-9-4-3-5-10-14;/h3-9,11H,1-2H3;/q-1;. The number of halogens is 1. The molecule has 1 aromatic heterocycles. The van der Waals surface area contributed by atoms with Crippen LogP contribution in [0.5, 0.6) is 0 Å². The van der Waals surface area contributed by atoms with Crippen LogP contribution in [0, 0.1) is 19.9 Å². The Bertz CT molecular complexity index is 730. The molecule has 0 N–H and O–H groups in total. The van der Waals surface area contributed by atoms with Gasteiger partial charge in [0.05, 0.1) is 5.69 Å². The van der Waals surface area contributed by atoms with Gasteiger partial charge < -0.3 is 0 Å². The van der Waals surface area contributed by atoms with Gasteiger partial charge in [0.1, 0.15) is 4.60 Å². The molecular formula is C17H14BrIrN2-. The van der Waals surface area contributed by atoms with Gasteiger partial charge in [0.25, 0.3) is 0 Å². The Morgan fingerprint density at radius 1 is 1.05 bits per heavy atom. The van der Waals surface area contributed by atoms with Gasteiger partial charge in [-0.15, -0.1) is 6.07 Å². The third-order valence-electron chi connectivity index (χ3n) is 3.34. The maximum Gasteiger partial charge on any atom is 0.129 e. The number of hydrogen-bond donors (Lipinski definition) is 0. The van der Waals surface area contributed by atoms with Gasteiger partial charge in [0.2, 0.25) is 0 Å². The third kappa shape index (κ3) is 3.18. The number of benzene rings is 2. The Kier molecular flexibility index (Phi) is 5.15. The molecule has 3 aromatic rings. The first-order chi connectivity index (χ1) is 9.66. The number of rotatable bonds is 2. The Morgan fingerprint density at radius 3 is 2.38 bits per heavy atom. The summed E-state index contributed by atoms with van der Waals surface area (Å²) in [6.45, 7) is 4.25. The molecule has 1 heterocycles. The summed E-state index contributed by atoms with van der Waals surface area (Å²) in [5.41, 5.74) is 5.73. The predicted molar refractivity (Wildman–Crippen MR) is 85.0 cm³/mol. The van der Waals surface area contributed by atoms with E-state index >= 15 is 0 Å². The maximum atomic E-state index is 4.54. The summed E-state index contributed by atoms with van der Waals surface area (Å²) >= 11 is 3.48. The number of aromatic nitrogens is 2. The topological polar surface area (TPSA) is 17.8 Å². The molecule has 0 saturated carbocycles. The molecule has 2 nitrogen and oxygen atoms in total. The fraction of sp³-hybridized carbons (Fsp3) is 0.118. The van der Waals surface area contributed by atoms with Crippen molar-refractivity contribution in [2.75, 3.05) is 0 Å². The van der Waals surface area contributed by atoms with Crippen LogP contribution in [0.2, 0.25) is 0 Å². The zero-order chi connectivity index (χ0) is 14.1. The molecule has 0 fully saturated rings. The van der Waals surface area contributed by atoms with Gasteiger partial charge in [-0.1, -0.05) is 18.2 Å². The van der Waals surface area contributed by atoms with Crippen LogP contribution in [-0.4, -0.2) is 9.78 Å². The molecule has 3 rings (SSSR count). The van der Waals surface area contributed by atoms with Crippen molar-refractivity contribution in [2.24, 2.45) is 0 Å². The fourth-order valence-corrected chi connectivity index (χ4v) is 2.82. The Balaban J connectivity index is 0.00000161. The van der Waals surface area contributed by atoms with Gasteiger partial charge in [0.15, 0.2) is 0 Å². The van der Waals surface area contributed by atoms with Gasteiger partial charge in [-0.3, -0.25) is 4.68 Å². The fourth-order valence-electron chi connectivity index (χ4n) is 2.45. The summed E-state index contributed by atoms with van der Waals surface area (Å²) in [6, 6.07) is 19.5. The molecule has 4 heteroatoms. The van der Waals surface area contributed by atoms with Gasteiger partial charge in [-0.2, -0.15) is 29.4 Å². The van der Waals surface area contributed by atoms with Crippen LogP contribution < -0.4 is 0 Å². The van der Waals surface area contributed by atoms with Crippen LogP contribution in [0.1, 0.15) is 11.1 Å². The van der Waals surface area contributed by atoms with Crippen LogP contribution in [0.3, 0.4) is 0 Å². The number of nitrogens with zero attached hydrogens (tertiary/aromatic N) is 2. The minimum atomic E-state index is 0. The summed E-state index contributed by atoms with van der Waals surface area (Å²) in [7, 11) is 0. The molecule has 0 atom stereocenters. The van der Waals surface area contributed by atoms with E-state index in [4.69, 9.17) is 0 Å². The van der Waals surface area contributed by atoms with Crippen molar-refractivity contribution >= 4 is 15.9 Å². The first kappa shape index (κ1) is 16.2. The quantitative estimate of drug-likeness (QED) is 0.450. The second-order valence-electron chi connectivity index (χ2n) is 4.78. The van der Waals surface area contributed by atoms with Gasteiger partial charge in [-0.05, 0) is 52.7 Å². The first-order valence-corrected chi connectivity index (χ1v) is 7.25. The minimum absolute atomic E-state index is 0. The zero-order valence-electron chi connectivity index (χ0n) is 11.7. The minimum Gasteiger partial charge on any atom is -0.257 e. The zero-order valence-corrected chi connectivity index (χ0v) is 15.7. The number of hydrogen-bond acceptors (Lipinski definition) is 1. The maximum absolute atomic E-state index is 4.54. The molecule has 0 amide bonds. The van der Waals surface area contributed by atoms with Crippen LogP contribution >= 0.6 is 15.9 Å². The average Bonchev–Trinajstić information content (AvgIpc) is 2.81. The van der Waals surface area contributed by atoms with Crippen LogP contribution in [0.25, 0.3) is 16.9 Å². The molecule has 21 heavy (non-hydrogen) atoms. The number of para-hydroxylation sites is 1. The summed E-state index contributed by atoms with van der Waals surface area (Å²) in [4.78, 5) is 0. The second kappa shape index (κ2) is 6.69.